The standard InChI is InChI=1S/C15H22ClNO/c1-11(12-7-9-17(2)10-8-12)15(18)13-3-5-14(16)6-4-13/h3-6,11-12,15,18H,7-10H2,1-2H3/t11-,15+/m0/s1. The molecule has 1 aliphatic rings. The molecule has 0 aromatic heterocycles. The molecule has 0 radical (unpaired) electrons. The van der Waals surface area contributed by atoms with Gasteiger partial charge in [-0.1, -0.05) is 30.7 Å². The Morgan fingerprint density at radius 3 is 2.33 bits per heavy atom. The second kappa shape index (κ2) is 6.05. The van der Waals surface area contributed by atoms with Gasteiger partial charge in [0.15, 0.2) is 0 Å². The van der Waals surface area contributed by atoms with E-state index in [4.69, 9.17) is 11.6 Å². The average molecular weight is 268 g/mol. The monoisotopic (exact) mass is 267 g/mol. The minimum Gasteiger partial charge on any atom is -0.388 e. The molecular formula is C15H22ClNO. The molecule has 0 saturated carbocycles. The van der Waals surface area contributed by atoms with E-state index >= 15 is 0 Å². The Morgan fingerprint density at radius 2 is 1.78 bits per heavy atom. The van der Waals surface area contributed by atoms with Crippen molar-refractivity contribution in [2.24, 2.45) is 11.8 Å². The molecule has 0 aliphatic carbocycles. The van der Waals surface area contributed by atoms with Crippen molar-refractivity contribution in [2.45, 2.75) is 25.9 Å². The Balaban J connectivity index is 1.99. The number of hydrogen-bond donors (Lipinski definition) is 1. The van der Waals surface area contributed by atoms with Crippen molar-refractivity contribution in [1.82, 2.24) is 4.90 Å². The smallest absolute Gasteiger partial charge is 0.0818 e. The van der Waals surface area contributed by atoms with Crippen LogP contribution >= 0.6 is 11.6 Å². The Kier molecular flexibility index (Phi) is 4.66. The molecule has 1 aliphatic heterocycles. The first kappa shape index (κ1) is 13.9. The van der Waals surface area contributed by atoms with Gasteiger partial charge >= 0.3 is 0 Å². The summed E-state index contributed by atoms with van der Waals surface area (Å²) in [7, 11) is 2.16. The molecule has 0 spiro atoms. The van der Waals surface area contributed by atoms with Crippen LogP contribution in [0.25, 0.3) is 0 Å². The van der Waals surface area contributed by atoms with Gasteiger partial charge in [0.2, 0.25) is 0 Å². The number of aliphatic hydroxyl groups is 1. The Bertz CT molecular complexity index is 371. The number of likely N-dealkylation sites (tertiary alicyclic amines) is 1. The summed E-state index contributed by atoms with van der Waals surface area (Å²) in [4.78, 5) is 2.36. The van der Waals surface area contributed by atoms with E-state index < -0.39 is 0 Å². The van der Waals surface area contributed by atoms with Crippen molar-refractivity contribution >= 4 is 11.6 Å². The number of nitrogens with zero attached hydrogens (tertiary/aromatic N) is 1. The first-order chi connectivity index (χ1) is 8.58. The van der Waals surface area contributed by atoms with E-state index in [1.54, 1.807) is 0 Å². The van der Waals surface area contributed by atoms with Gasteiger partial charge < -0.3 is 10.0 Å². The second-order valence-electron chi connectivity index (χ2n) is 5.50. The highest BCUT2D eigenvalue weighted by Gasteiger charge is 2.27. The van der Waals surface area contributed by atoms with E-state index in [2.05, 4.69) is 18.9 Å². The number of piperidine rings is 1. The molecule has 3 heteroatoms. The number of benzene rings is 1. The van der Waals surface area contributed by atoms with Crippen LogP contribution in [-0.2, 0) is 0 Å². The maximum absolute atomic E-state index is 10.4. The molecule has 1 saturated heterocycles. The zero-order chi connectivity index (χ0) is 13.1. The van der Waals surface area contributed by atoms with Crippen molar-refractivity contribution < 1.29 is 5.11 Å². The van der Waals surface area contributed by atoms with Crippen molar-refractivity contribution in [3.63, 3.8) is 0 Å². The van der Waals surface area contributed by atoms with Crippen LogP contribution in [0.5, 0.6) is 0 Å². The Morgan fingerprint density at radius 1 is 1.22 bits per heavy atom. The molecule has 0 bridgehead atoms. The molecule has 1 aromatic rings. The second-order valence-corrected chi connectivity index (χ2v) is 5.93. The van der Waals surface area contributed by atoms with Gasteiger partial charge in [0.1, 0.15) is 0 Å². The summed E-state index contributed by atoms with van der Waals surface area (Å²) in [5.74, 6) is 0.923. The quantitative estimate of drug-likeness (QED) is 0.908. The lowest BCUT2D eigenvalue weighted by Gasteiger charge is -2.34. The molecule has 2 rings (SSSR count). The summed E-state index contributed by atoms with van der Waals surface area (Å²) in [5, 5.41) is 11.2. The molecule has 18 heavy (non-hydrogen) atoms. The maximum atomic E-state index is 10.4. The fraction of sp³-hybridized carbons (Fsp3) is 0.600. The normalized spacial score (nSPS) is 21.8. The molecule has 0 amide bonds. The predicted octanol–water partition coefficient (Wildman–Crippen LogP) is 3.35. The minimum absolute atomic E-state index is 0.305. The van der Waals surface area contributed by atoms with E-state index in [-0.39, 0.29) is 6.10 Å². The first-order valence-electron chi connectivity index (χ1n) is 6.70. The van der Waals surface area contributed by atoms with Crippen LogP contribution in [0.2, 0.25) is 5.02 Å². The number of halogens is 1. The third kappa shape index (κ3) is 3.25. The lowest BCUT2D eigenvalue weighted by atomic mass is 9.80. The Hall–Kier alpha value is -0.570. The summed E-state index contributed by atoms with van der Waals surface area (Å²) in [6.07, 6.45) is 1.99. The van der Waals surface area contributed by atoms with Crippen molar-refractivity contribution in [2.75, 3.05) is 20.1 Å². The molecular weight excluding hydrogens is 246 g/mol. The average Bonchev–Trinajstić information content (AvgIpc) is 2.39. The largest absolute Gasteiger partial charge is 0.388 e. The summed E-state index contributed by atoms with van der Waals surface area (Å²) < 4.78 is 0. The summed E-state index contributed by atoms with van der Waals surface area (Å²) in [5.41, 5.74) is 0.978. The molecule has 1 N–H and O–H groups in total. The fourth-order valence-corrected chi connectivity index (χ4v) is 2.90. The van der Waals surface area contributed by atoms with E-state index in [0.29, 0.717) is 11.8 Å². The topological polar surface area (TPSA) is 23.5 Å². The van der Waals surface area contributed by atoms with Gasteiger partial charge in [0, 0.05) is 5.02 Å². The Labute approximate surface area is 115 Å². The van der Waals surface area contributed by atoms with Crippen molar-refractivity contribution in [1.29, 1.82) is 0 Å². The molecule has 2 atom stereocenters. The van der Waals surface area contributed by atoms with E-state index in [1.807, 2.05) is 24.3 Å². The van der Waals surface area contributed by atoms with Gasteiger partial charge in [-0.2, -0.15) is 0 Å². The molecule has 2 nitrogen and oxygen atoms in total. The van der Waals surface area contributed by atoms with Crippen LogP contribution in [0.1, 0.15) is 31.4 Å². The van der Waals surface area contributed by atoms with Gasteiger partial charge in [0.25, 0.3) is 0 Å². The molecule has 100 valence electrons. The highest BCUT2D eigenvalue weighted by atomic mass is 35.5. The predicted molar refractivity (Wildman–Crippen MR) is 75.8 cm³/mol. The summed E-state index contributed by atoms with van der Waals surface area (Å²) in [6, 6.07) is 7.56. The summed E-state index contributed by atoms with van der Waals surface area (Å²) in [6.45, 7) is 4.44. The summed E-state index contributed by atoms with van der Waals surface area (Å²) >= 11 is 5.87. The molecule has 1 heterocycles. The van der Waals surface area contributed by atoms with Gasteiger partial charge in [0.05, 0.1) is 6.10 Å². The van der Waals surface area contributed by atoms with Crippen molar-refractivity contribution in [3.8, 4) is 0 Å². The van der Waals surface area contributed by atoms with Crippen LogP contribution in [0, 0.1) is 11.8 Å². The van der Waals surface area contributed by atoms with Gasteiger partial charge in [-0.3, -0.25) is 0 Å². The van der Waals surface area contributed by atoms with E-state index in [1.165, 1.54) is 12.8 Å². The van der Waals surface area contributed by atoms with Crippen LogP contribution in [0.4, 0.5) is 0 Å². The maximum Gasteiger partial charge on any atom is 0.0818 e. The van der Waals surface area contributed by atoms with E-state index in [9.17, 15) is 5.11 Å². The third-order valence-corrected chi connectivity index (χ3v) is 4.47. The van der Waals surface area contributed by atoms with Gasteiger partial charge in [-0.15, -0.1) is 0 Å². The lowest BCUT2D eigenvalue weighted by Crippen LogP contribution is -2.34. The molecule has 1 fully saturated rings. The van der Waals surface area contributed by atoms with Crippen molar-refractivity contribution in [3.05, 3.63) is 34.9 Å². The highest BCUT2D eigenvalue weighted by molar-refractivity contribution is 6.30. The van der Waals surface area contributed by atoms with Crippen LogP contribution < -0.4 is 0 Å². The molecule has 0 unspecified atom stereocenters. The van der Waals surface area contributed by atoms with Crippen LogP contribution in [-0.4, -0.2) is 30.1 Å². The zero-order valence-electron chi connectivity index (χ0n) is 11.1. The zero-order valence-corrected chi connectivity index (χ0v) is 11.9. The number of rotatable bonds is 3. The number of aliphatic hydroxyl groups excluding tert-OH is 1. The van der Waals surface area contributed by atoms with Crippen LogP contribution in [0.3, 0.4) is 0 Å². The minimum atomic E-state index is -0.379. The first-order valence-corrected chi connectivity index (χ1v) is 7.08. The fourth-order valence-electron chi connectivity index (χ4n) is 2.78. The van der Waals surface area contributed by atoms with E-state index in [0.717, 1.165) is 23.7 Å². The van der Waals surface area contributed by atoms with Gasteiger partial charge in [-0.25, -0.2) is 0 Å². The van der Waals surface area contributed by atoms with Gasteiger partial charge in [-0.05, 0) is 62.5 Å². The SMILES string of the molecule is C[C@@H](C1CCN(C)CC1)[C@@H](O)c1ccc(Cl)cc1. The number of hydrogen-bond acceptors (Lipinski definition) is 2. The third-order valence-electron chi connectivity index (χ3n) is 4.22. The highest BCUT2D eigenvalue weighted by Crippen LogP contribution is 2.33. The van der Waals surface area contributed by atoms with Crippen LogP contribution in [0.15, 0.2) is 24.3 Å². The lowest BCUT2D eigenvalue weighted by molar-refractivity contribution is 0.0567. The molecule has 1 aromatic carbocycles.